The largest absolute Gasteiger partial charge is 0.416 e. The number of rotatable bonds is 3. The van der Waals surface area contributed by atoms with Crippen LogP contribution in [0.25, 0.3) is 20.8 Å². The molecule has 0 saturated carbocycles. The third kappa shape index (κ3) is 3.61. The molecule has 140 valence electrons. The van der Waals surface area contributed by atoms with Crippen LogP contribution in [-0.2, 0) is 6.18 Å². The fourth-order valence-corrected chi connectivity index (χ4v) is 3.83. The summed E-state index contributed by atoms with van der Waals surface area (Å²) in [4.78, 5) is 17.3. The van der Waals surface area contributed by atoms with Crippen LogP contribution >= 0.6 is 11.3 Å². The van der Waals surface area contributed by atoms with E-state index < -0.39 is 17.6 Å². The maximum Gasteiger partial charge on any atom is 0.416 e. The molecular weight excluding hydrogens is 385 g/mol. The van der Waals surface area contributed by atoms with Crippen molar-refractivity contribution in [3.8, 4) is 10.6 Å². The molecule has 0 atom stereocenters. The summed E-state index contributed by atoms with van der Waals surface area (Å²) in [6.07, 6.45) is -4.47. The van der Waals surface area contributed by atoms with Crippen LogP contribution in [0.15, 0.2) is 72.8 Å². The van der Waals surface area contributed by atoms with E-state index in [1.54, 1.807) is 24.3 Å². The topological polar surface area (TPSA) is 42.0 Å². The number of nitrogens with one attached hydrogen (secondary N) is 1. The molecule has 0 aliphatic heterocycles. The number of hydrogen-bond acceptors (Lipinski definition) is 3. The average Bonchev–Trinajstić information content (AvgIpc) is 3.11. The first-order valence-corrected chi connectivity index (χ1v) is 9.17. The normalized spacial score (nSPS) is 11.5. The summed E-state index contributed by atoms with van der Waals surface area (Å²) >= 11 is 1.45. The summed E-state index contributed by atoms with van der Waals surface area (Å²) in [7, 11) is 0. The van der Waals surface area contributed by atoms with E-state index in [-0.39, 0.29) is 5.69 Å². The first-order chi connectivity index (χ1) is 13.4. The number of halogens is 3. The van der Waals surface area contributed by atoms with Crippen LogP contribution in [0.5, 0.6) is 0 Å². The molecule has 3 nitrogen and oxygen atoms in total. The summed E-state index contributed by atoms with van der Waals surface area (Å²) in [5, 5.41) is 3.23. The van der Waals surface area contributed by atoms with Crippen molar-refractivity contribution in [1.29, 1.82) is 0 Å². The van der Waals surface area contributed by atoms with Crippen molar-refractivity contribution in [2.45, 2.75) is 6.18 Å². The maximum absolute atomic E-state index is 12.9. The number of nitrogens with zero attached hydrogens (tertiary/aromatic N) is 1. The van der Waals surface area contributed by atoms with Crippen molar-refractivity contribution in [2.24, 2.45) is 0 Å². The number of carbonyl (C=O) groups excluding carboxylic acids is 1. The quantitative estimate of drug-likeness (QED) is 0.444. The minimum atomic E-state index is -4.47. The second-order valence-electron chi connectivity index (χ2n) is 6.07. The summed E-state index contributed by atoms with van der Waals surface area (Å²) in [6, 6.07) is 19.1. The molecule has 0 bridgehead atoms. The minimum Gasteiger partial charge on any atom is -0.322 e. The van der Waals surface area contributed by atoms with Gasteiger partial charge in [0.15, 0.2) is 0 Å². The molecule has 0 saturated heterocycles. The Hall–Kier alpha value is -3.19. The summed E-state index contributed by atoms with van der Waals surface area (Å²) < 4.78 is 39.7. The fourth-order valence-electron chi connectivity index (χ4n) is 2.83. The highest BCUT2D eigenvalue weighted by atomic mass is 32.1. The van der Waals surface area contributed by atoms with E-state index in [0.29, 0.717) is 16.1 Å². The van der Waals surface area contributed by atoms with E-state index in [1.807, 2.05) is 24.3 Å². The molecule has 7 heteroatoms. The van der Waals surface area contributed by atoms with Gasteiger partial charge in [-0.3, -0.25) is 4.79 Å². The lowest BCUT2D eigenvalue weighted by Crippen LogP contribution is -2.14. The SMILES string of the molecule is O=C(Nc1cccc(C(F)(F)F)c1)c1ccccc1-c1nc2ccccc2s1. The lowest BCUT2D eigenvalue weighted by molar-refractivity contribution is -0.137. The highest BCUT2D eigenvalue weighted by Gasteiger charge is 2.30. The van der Waals surface area contributed by atoms with Gasteiger partial charge in [-0.2, -0.15) is 13.2 Å². The van der Waals surface area contributed by atoms with Crippen molar-refractivity contribution in [2.75, 3.05) is 5.32 Å². The Kier molecular flexibility index (Phi) is 4.60. The lowest BCUT2D eigenvalue weighted by Gasteiger charge is -2.11. The van der Waals surface area contributed by atoms with Crippen LogP contribution in [-0.4, -0.2) is 10.9 Å². The van der Waals surface area contributed by atoms with E-state index in [2.05, 4.69) is 10.3 Å². The van der Waals surface area contributed by atoms with Gasteiger partial charge in [-0.25, -0.2) is 4.98 Å². The van der Waals surface area contributed by atoms with Gasteiger partial charge >= 0.3 is 6.18 Å². The zero-order valence-corrected chi connectivity index (χ0v) is 15.1. The van der Waals surface area contributed by atoms with Gasteiger partial charge in [0, 0.05) is 16.8 Å². The average molecular weight is 398 g/mol. The van der Waals surface area contributed by atoms with Gasteiger partial charge in [0.25, 0.3) is 5.91 Å². The Morgan fingerprint density at radius 3 is 2.46 bits per heavy atom. The molecule has 1 amide bonds. The minimum absolute atomic E-state index is 0.0823. The van der Waals surface area contributed by atoms with Crippen molar-refractivity contribution in [1.82, 2.24) is 4.98 Å². The number of hydrogen-bond donors (Lipinski definition) is 1. The van der Waals surface area contributed by atoms with Gasteiger partial charge in [-0.1, -0.05) is 36.4 Å². The first-order valence-electron chi connectivity index (χ1n) is 8.35. The van der Waals surface area contributed by atoms with Gasteiger partial charge in [0.05, 0.1) is 15.8 Å². The number of anilines is 1. The number of carbonyl (C=O) groups is 1. The van der Waals surface area contributed by atoms with Crippen LogP contribution in [0.1, 0.15) is 15.9 Å². The number of amides is 1. The van der Waals surface area contributed by atoms with Crippen LogP contribution in [0.4, 0.5) is 18.9 Å². The Morgan fingerprint density at radius 2 is 1.68 bits per heavy atom. The van der Waals surface area contributed by atoms with Crippen LogP contribution in [0, 0.1) is 0 Å². The molecule has 1 aromatic heterocycles. The molecule has 0 aliphatic rings. The predicted octanol–water partition coefficient (Wildman–Crippen LogP) is 6.23. The first kappa shape index (κ1) is 18.2. The molecule has 0 aliphatic carbocycles. The molecule has 4 rings (SSSR count). The Labute approximate surface area is 162 Å². The lowest BCUT2D eigenvalue weighted by atomic mass is 10.1. The fraction of sp³-hybridized carbons (Fsp3) is 0.0476. The summed E-state index contributed by atoms with van der Waals surface area (Å²) in [6.45, 7) is 0. The monoisotopic (exact) mass is 398 g/mol. The van der Waals surface area contributed by atoms with E-state index in [1.165, 1.54) is 23.5 Å². The van der Waals surface area contributed by atoms with Crippen molar-refractivity contribution in [3.05, 3.63) is 83.9 Å². The highest BCUT2D eigenvalue weighted by molar-refractivity contribution is 7.21. The molecular formula is C21H13F3N2OS. The molecule has 1 N–H and O–H groups in total. The number of aromatic nitrogens is 1. The van der Waals surface area contributed by atoms with Gasteiger partial charge in [0.1, 0.15) is 5.01 Å². The second kappa shape index (κ2) is 7.09. The number of alkyl halides is 3. The van der Waals surface area contributed by atoms with Crippen LogP contribution in [0.2, 0.25) is 0 Å². The van der Waals surface area contributed by atoms with Crippen LogP contribution < -0.4 is 5.32 Å². The Bertz CT molecular complexity index is 1130. The standard InChI is InChI=1S/C21H13F3N2OS/c22-21(23,24)13-6-5-7-14(12-13)25-19(27)15-8-1-2-9-16(15)20-26-17-10-3-4-11-18(17)28-20/h1-12H,(H,25,27). The number of para-hydroxylation sites is 1. The molecule has 4 aromatic rings. The highest BCUT2D eigenvalue weighted by Crippen LogP contribution is 2.33. The van der Waals surface area contributed by atoms with E-state index in [0.717, 1.165) is 22.3 Å². The number of benzene rings is 3. The van der Waals surface area contributed by atoms with Crippen molar-refractivity contribution in [3.63, 3.8) is 0 Å². The van der Waals surface area contributed by atoms with Gasteiger partial charge in [0.2, 0.25) is 0 Å². The molecule has 0 spiro atoms. The zero-order valence-electron chi connectivity index (χ0n) is 14.3. The molecule has 0 unspecified atom stereocenters. The zero-order chi connectivity index (χ0) is 19.7. The third-order valence-corrected chi connectivity index (χ3v) is 5.21. The van der Waals surface area contributed by atoms with Crippen molar-refractivity contribution >= 4 is 33.1 Å². The smallest absolute Gasteiger partial charge is 0.322 e. The molecule has 3 aromatic carbocycles. The third-order valence-electron chi connectivity index (χ3n) is 4.14. The molecule has 0 radical (unpaired) electrons. The Balaban J connectivity index is 1.68. The van der Waals surface area contributed by atoms with Gasteiger partial charge in [-0.05, 0) is 36.4 Å². The number of thiazole rings is 1. The predicted molar refractivity (Wildman–Crippen MR) is 104 cm³/mol. The summed E-state index contributed by atoms with van der Waals surface area (Å²) in [5.74, 6) is -0.491. The van der Waals surface area contributed by atoms with E-state index in [4.69, 9.17) is 0 Å². The molecule has 28 heavy (non-hydrogen) atoms. The van der Waals surface area contributed by atoms with Gasteiger partial charge < -0.3 is 5.32 Å². The van der Waals surface area contributed by atoms with Gasteiger partial charge in [-0.15, -0.1) is 11.3 Å². The van der Waals surface area contributed by atoms with Crippen LogP contribution in [0.3, 0.4) is 0 Å². The summed E-state index contributed by atoms with van der Waals surface area (Å²) in [5.41, 5.74) is 1.08. The molecule has 1 heterocycles. The van der Waals surface area contributed by atoms with E-state index >= 15 is 0 Å². The Morgan fingerprint density at radius 1 is 0.929 bits per heavy atom. The molecule has 0 fully saturated rings. The van der Waals surface area contributed by atoms with E-state index in [9.17, 15) is 18.0 Å². The maximum atomic E-state index is 12.9. The second-order valence-corrected chi connectivity index (χ2v) is 7.10. The number of fused-ring (bicyclic) bond motifs is 1. The van der Waals surface area contributed by atoms with Crippen molar-refractivity contribution < 1.29 is 18.0 Å².